The lowest BCUT2D eigenvalue weighted by molar-refractivity contribution is 0.0909. The van der Waals surface area contributed by atoms with Crippen LogP contribution >= 0.6 is 0 Å². The van der Waals surface area contributed by atoms with E-state index in [1.54, 1.807) is 0 Å². The summed E-state index contributed by atoms with van der Waals surface area (Å²) in [6, 6.07) is 0.277. The first-order valence-electron chi connectivity index (χ1n) is 9.59. The maximum Gasteiger partial charge on any atom is 0.272 e. The summed E-state index contributed by atoms with van der Waals surface area (Å²) in [6.45, 7) is 2.19. The average Bonchev–Trinajstić information content (AvgIpc) is 3.22. The number of H-pyrrole nitrogens is 1. The quantitative estimate of drug-likeness (QED) is 0.895. The van der Waals surface area contributed by atoms with Gasteiger partial charge in [-0.15, -0.1) is 0 Å². The van der Waals surface area contributed by atoms with Crippen molar-refractivity contribution in [3.63, 3.8) is 0 Å². The molecule has 1 amide bonds. The zero-order valence-corrected chi connectivity index (χ0v) is 14.2. The second-order valence-electron chi connectivity index (χ2n) is 8.04. The van der Waals surface area contributed by atoms with E-state index in [1.165, 1.54) is 62.6 Å². The van der Waals surface area contributed by atoms with Gasteiger partial charge in [-0.25, -0.2) is 0 Å². The van der Waals surface area contributed by atoms with Crippen LogP contribution in [0.4, 0.5) is 0 Å². The zero-order chi connectivity index (χ0) is 15.8. The number of nitrogens with one attached hydrogen (secondary N) is 2. The fourth-order valence-electron chi connectivity index (χ4n) is 5.31. The molecule has 0 aliphatic heterocycles. The summed E-state index contributed by atoms with van der Waals surface area (Å²) in [5, 5.41) is 10.8. The van der Waals surface area contributed by atoms with Gasteiger partial charge in [-0.1, -0.05) is 19.3 Å². The van der Waals surface area contributed by atoms with E-state index in [2.05, 4.69) is 22.4 Å². The van der Waals surface area contributed by atoms with Crippen LogP contribution in [0.2, 0.25) is 0 Å². The van der Waals surface area contributed by atoms with E-state index in [-0.39, 0.29) is 11.9 Å². The Balaban J connectivity index is 1.44. The van der Waals surface area contributed by atoms with Crippen LogP contribution in [0.25, 0.3) is 0 Å². The summed E-state index contributed by atoms with van der Waals surface area (Å²) < 4.78 is 0. The van der Waals surface area contributed by atoms with Gasteiger partial charge in [0.05, 0.1) is 0 Å². The number of carbonyl (C=O) groups excluding carboxylic acids is 1. The molecule has 0 spiro atoms. The Kier molecular flexibility index (Phi) is 4.16. The molecule has 4 nitrogen and oxygen atoms in total. The Bertz CT molecular complexity index is 579. The van der Waals surface area contributed by atoms with E-state index in [9.17, 15) is 4.79 Å². The van der Waals surface area contributed by atoms with Crippen molar-refractivity contribution in [1.82, 2.24) is 15.5 Å². The third kappa shape index (κ3) is 2.92. The molecule has 4 rings (SSSR count). The average molecular weight is 315 g/mol. The molecule has 2 N–H and O–H groups in total. The largest absolute Gasteiger partial charge is 0.348 e. The minimum Gasteiger partial charge on any atom is -0.348 e. The van der Waals surface area contributed by atoms with E-state index in [0.29, 0.717) is 11.6 Å². The molecule has 0 unspecified atom stereocenters. The highest BCUT2D eigenvalue weighted by molar-refractivity contribution is 5.94. The summed E-state index contributed by atoms with van der Waals surface area (Å²) in [5.74, 6) is 2.49. The minimum atomic E-state index is 0.0401. The SMILES string of the molecule is C[C@H](NC(=O)c1n[nH]c2c1CCCCCC2)[C@H]1C[C@H]2CC[C@H]1C2. The molecular formula is C19H29N3O. The maximum absolute atomic E-state index is 12.8. The highest BCUT2D eigenvalue weighted by atomic mass is 16.2. The molecule has 1 aromatic rings. The van der Waals surface area contributed by atoms with Crippen LogP contribution in [-0.4, -0.2) is 22.1 Å². The van der Waals surface area contributed by atoms with Gasteiger partial charge in [-0.2, -0.15) is 5.10 Å². The Morgan fingerprint density at radius 3 is 2.74 bits per heavy atom. The van der Waals surface area contributed by atoms with Crippen molar-refractivity contribution in [2.45, 2.75) is 77.2 Å². The molecule has 0 saturated heterocycles. The topological polar surface area (TPSA) is 57.8 Å². The highest BCUT2D eigenvalue weighted by Crippen LogP contribution is 2.49. The van der Waals surface area contributed by atoms with Crippen LogP contribution in [0.5, 0.6) is 0 Å². The standard InChI is InChI=1S/C19H29N3O/c1-12(16-11-13-8-9-14(16)10-13)20-19(23)18-15-6-4-2-3-5-7-17(15)21-22-18/h12-14,16H,2-11H2,1H3,(H,20,23)(H,21,22)/t12-,13-,14-,16+/m0/s1. The van der Waals surface area contributed by atoms with Gasteiger partial charge in [0.15, 0.2) is 5.69 Å². The van der Waals surface area contributed by atoms with Crippen LogP contribution < -0.4 is 5.32 Å². The summed E-state index contributed by atoms with van der Waals surface area (Å²) in [6.07, 6.45) is 12.5. The lowest BCUT2D eigenvalue weighted by Crippen LogP contribution is -2.40. The lowest BCUT2D eigenvalue weighted by Gasteiger charge is -2.28. The number of hydrogen-bond acceptors (Lipinski definition) is 2. The van der Waals surface area contributed by atoms with Crippen molar-refractivity contribution in [2.24, 2.45) is 17.8 Å². The molecule has 3 aliphatic carbocycles. The van der Waals surface area contributed by atoms with Gasteiger partial charge in [0.25, 0.3) is 5.91 Å². The van der Waals surface area contributed by atoms with Gasteiger partial charge in [-0.05, 0) is 69.6 Å². The van der Waals surface area contributed by atoms with E-state index >= 15 is 0 Å². The van der Waals surface area contributed by atoms with Gasteiger partial charge in [0, 0.05) is 17.3 Å². The minimum absolute atomic E-state index is 0.0401. The van der Waals surface area contributed by atoms with E-state index in [4.69, 9.17) is 0 Å². The van der Waals surface area contributed by atoms with E-state index in [0.717, 1.165) is 24.7 Å². The molecular weight excluding hydrogens is 286 g/mol. The highest BCUT2D eigenvalue weighted by Gasteiger charge is 2.42. The van der Waals surface area contributed by atoms with Crippen LogP contribution in [0, 0.1) is 17.8 Å². The molecule has 2 bridgehead atoms. The molecule has 4 atom stereocenters. The van der Waals surface area contributed by atoms with E-state index in [1.807, 2.05) is 0 Å². The summed E-state index contributed by atoms with van der Waals surface area (Å²) in [7, 11) is 0. The summed E-state index contributed by atoms with van der Waals surface area (Å²) in [5.41, 5.74) is 3.04. The molecule has 23 heavy (non-hydrogen) atoms. The molecule has 0 radical (unpaired) electrons. The lowest BCUT2D eigenvalue weighted by atomic mass is 9.84. The fourth-order valence-corrected chi connectivity index (χ4v) is 5.31. The van der Waals surface area contributed by atoms with Crippen molar-refractivity contribution in [2.75, 3.05) is 0 Å². The number of carbonyl (C=O) groups is 1. The van der Waals surface area contributed by atoms with Crippen molar-refractivity contribution in [3.05, 3.63) is 17.0 Å². The number of aryl methyl sites for hydroxylation is 1. The molecule has 2 fully saturated rings. The first-order valence-corrected chi connectivity index (χ1v) is 9.59. The van der Waals surface area contributed by atoms with Crippen molar-refractivity contribution in [3.8, 4) is 0 Å². The Hall–Kier alpha value is -1.32. The maximum atomic E-state index is 12.8. The van der Waals surface area contributed by atoms with Gasteiger partial charge in [0.2, 0.25) is 0 Å². The molecule has 3 aliphatic rings. The second kappa shape index (κ2) is 6.29. The van der Waals surface area contributed by atoms with Crippen molar-refractivity contribution < 1.29 is 4.79 Å². The Morgan fingerprint density at radius 1 is 1.17 bits per heavy atom. The number of aromatic nitrogens is 2. The van der Waals surface area contributed by atoms with E-state index < -0.39 is 0 Å². The van der Waals surface area contributed by atoms with Crippen LogP contribution in [0.3, 0.4) is 0 Å². The monoisotopic (exact) mass is 315 g/mol. The van der Waals surface area contributed by atoms with Gasteiger partial charge in [0.1, 0.15) is 0 Å². The molecule has 1 heterocycles. The van der Waals surface area contributed by atoms with Crippen LogP contribution in [-0.2, 0) is 12.8 Å². The fraction of sp³-hybridized carbons (Fsp3) is 0.789. The van der Waals surface area contributed by atoms with Gasteiger partial charge >= 0.3 is 0 Å². The third-order valence-electron chi connectivity index (χ3n) is 6.57. The predicted octanol–water partition coefficient (Wildman–Crippen LogP) is 3.62. The van der Waals surface area contributed by atoms with Crippen LogP contribution in [0.15, 0.2) is 0 Å². The first kappa shape index (κ1) is 15.2. The number of nitrogens with zero attached hydrogens (tertiary/aromatic N) is 1. The first-order chi connectivity index (χ1) is 11.2. The molecule has 0 aromatic carbocycles. The number of hydrogen-bond donors (Lipinski definition) is 2. The van der Waals surface area contributed by atoms with Crippen LogP contribution in [0.1, 0.15) is 80.0 Å². The van der Waals surface area contributed by atoms with Crippen molar-refractivity contribution in [1.29, 1.82) is 0 Å². The van der Waals surface area contributed by atoms with Crippen molar-refractivity contribution >= 4 is 5.91 Å². The Morgan fingerprint density at radius 2 is 2.00 bits per heavy atom. The predicted molar refractivity (Wildman–Crippen MR) is 90.3 cm³/mol. The smallest absolute Gasteiger partial charge is 0.272 e. The molecule has 126 valence electrons. The number of amides is 1. The molecule has 4 heteroatoms. The summed E-state index contributed by atoms with van der Waals surface area (Å²) >= 11 is 0. The van der Waals surface area contributed by atoms with Gasteiger partial charge in [-0.3, -0.25) is 9.89 Å². The Labute approximate surface area is 138 Å². The summed E-state index contributed by atoms with van der Waals surface area (Å²) in [4.78, 5) is 12.8. The number of rotatable bonds is 3. The van der Waals surface area contributed by atoms with Gasteiger partial charge < -0.3 is 5.32 Å². The molecule has 2 saturated carbocycles. The number of aromatic amines is 1. The number of fused-ring (bicyclic) bond motifs is 3. The third-order valence-corrected chi connectivity index (χ3v) is 6.57. The second-order valence-corrected chi connectivity index (χ2v) is 8.04. The molecule has 1 aromatic heterocycles. The normalized spacial score (nSPS) is 31.3. The zero-order valence-electron chi connectivity index (χ0n) is 14.2.